The lowest BCUT2D eigenvalue weighted by Gasteiger charge is -2.04. The van der Waals surface area contributed by atoms with Crippen LogP contribution in [0.15, 0.2) is 108 Å². The summed E-state index contributed by atoms with van der Waals surface area (Å²) in [7, 11) is -4.54. The molecule has 0 saturated heterocycles. The molecule has 6 nitrogen and oxygen atoms in total. The van der Waals surface area contributed by atoms with Gasteiger partial charge in [0.05, 0.1) is 0 Å². The second-order valence-electron chi connectivity index (χ2n) is 7.13. The van der Waals surface area contributed by atoms with Crippen molar-refractivity contribution in [1.82, 2.24) is 0 Å². The Morgan fingerprint density at radius 2 is 1.24 bits per heavy atom. The molecule has 1 amide bonds. The number of rotatable bonds is 5. The van der Waals surface area contributed by atoms with Crippen molar-refractivity contribution in [2.75, 3.05) is 0 Å². The zero-order valence-electron chi connectivity index (χ0n) is 17.8. The minimum atomic E-state index is -4.54. The first kappa shape index (κ1) is 24.5. The maximum Gasteiger partial charge on any atom is 0.297 e. The van der Waals surface area contributed by atoms with E-state index in [2.05, 4.69) is 0 Å². The van der Waals surface area contributed by atoms with Crippen molar-refractivity contribution in [3.63, 3.8) is 0 Å². The van der Waals surface area contributed by atoms with Crippen LogP contribution >= 0.6 is 0 Å². The molecule has 3 N–H and O–H groups in total. The molecule has 172 valence electrons. The smallest absolute Gasteiger partial charge is 0.297 e. The second-order valence-corrected chi connectivity index (χ2v) is 8.52. The van der Waals surface area contributed by atoms with Gasteiger partial charge in [0.1, 0.15) is 10.7 Å². The molecule has 4 rings (SSSR count). The van der Waals surface area contributed by atoms with E-state index in [9.17, 15) is 22.4 Å². The van der Waals surface area contributed by atoms with Crippen LogP contribution in [0.4, 0.5) is 4.39 Å². The van der Waals surface area contributed by atoms with Crippen LogP contribution in [0.1, 0.15) is 26.3 Å². The Labute approximate surface area is 196 Å². The number of nitrogens with two attached hydrogens (primary N) is 1. The average molecular weight is 478 g/mol. The van der Waals surface area contributed by atoms with Gasteiger partial charge in [-0.05, 0) is 35.4 Å². The summed E-state index contributed by atoms with van der Waals surface area (Å²) in [5, 5.41) is 0. The van der Waals surface area contributed by atoms with Crippen LogP contribution in [0.2, 0.25) is 0 Å². The van der Waals surface area contributed by atoms with E-state index in [0.717, 1.165) is 17.7 Å². The van der Waals surface area contributed by atoms with Gasteiger partial charge in [-0.25, -0.2) is 4.39 Å². The summed E-state index contributed by atoms with van der Waals surface area (Å²) in [5.41, 5.74) is 7.84. The molecule has 0 saturated carbocycles. The van der Waals surface area contributed by atoms with Crippen LogP contribution in [0.3, 0.4) is 0 Å². The summed E-state index contributed by atoms with van der Waals surface area (Å²) in [6.45, 7) is 0. The minimum absolute atomic E-state index is 0.117. The highest BCUT2D eigenvalue weighted by atomic mass is 32.2. The highest BCUT2D eigenvalue weighted by Crippen LogP contribution is 2.24. The molecule has 0 unspecified atom stereocenters. The molecule has 0 atom stereocenters. The van der Waals surface area contributed by atoms with E-state index in [-0.39, 0.29) is 5.78 Å². The highest BCUT2D eigenvalue weighted by Gasteiger charge is 2.16. The van der Waals surface area contributed by atoms with Gasteiger partial charge < -0.3 is 5.73 Å². The predicted octanol–water partition coefficient (Wildman–Crippen LogP) is 4.76. The Balaban J connectivity index is 0.000000191. The van der Waals surface area contributed by atoms with Crippen molar-refractivity contribution in [3.8, 4) is 11.1 Å². The molecule has 0 aliphatic heterocycles. The molecule has 34 heavy (non-hydrogen) atoms. The van der Waals surface area contributed by atoms with E-state index in [0.29, 0.717) is 22.3 Å². The third kappa shape index (κ3) is 6.22. The zero-order chi connectivity index (χ0) is 24.7. The first-order valence-electron chi connectivity index (χ1n) is 9.99. The van der Waals surface area contributed by atoms with Crippen LogP contribution in [-0.4, -0.2) is 24.7 Å². The third-order valence-electron chi connectivity index (χ3n) is 4.76. The molecular formula is C26H20FNO5S. The number of carbonyl (C=O) groups excluding carboxylic acids is 2. The van der Waals surface area contributed by atoms with Gasteiger partial charge >= 0.3 is 0 Å². The number of carbonyl (C=O) groups is 2. The first-order chi connectivity index (χ1) is 16.2. The van der Waals surface area contributed by atoms with Crippen molar-refractivity contribution < 1.29 is 27.0 Å². The molecule has 0 aromatic heterocycles. The van der Waals surface area contributed by atoms with Gasteiger partial charge in [-0.15, -0.1) is 0 Å². The number of halogens is 1. The molecule has 8 heteroatoms. The lowest BCUT2D eigenvalue weighted by Crippen LogP contribution is -2.12. The Hall–Kier alpha value is -4.14. The molecule has 4 aromatic carbocycles. The summed E-state index contributed by atoms with van der Waals surface area (Å²) in [6, 6.07) is 27.8. The Morgan fingerprint density at radius 3 is 1.82 bits per heavy atom. The Bertz CT molecular complexity index is 1420. The van der Waals surface area contributed by atoms with E-state index in [4.69, 9.17) is 10.3 Å². The topological polar surface area (TPSA) is 115 Å². The van der Waals surface area contributed by atoms with Gasteiger partial charge in [0.25, 0.3) is 10.1 Å². The fraction of sp³-hybridized carbons (Fsp3) is 0. The monoisotopic (exact) mass is 477 g/mol. The molecule has 0 spiro atoms. The van der Waals surface area contributed by atoms with E-state index in [1.165, 1.54) is 12.1 Å². The largest absolute Gasteiger partial charge is 0.366 e. The van der Waals surface area contributed by atoms with Crippen LogP contribution in [-0.2, 0) is 10.1 Å². The van der Waals surface area contributed by atoms with Crippen molar-refractivity contribution in [2.45, 2.75) is 4.90 Å². The molecule has 0 aliphatic carbocycles. The summed E-state index contributed by atoms with van der Waals surface area (Å²) < 4.78 is 44.0. The standard InChI is InChI=1S/C14H11NO2.C12H9FO3S/c15-14(17)12-8-4-7-11(9-12)13(16)10-5-2-1-3-6-10;13-11-7-6-10(8-12(11)17(14,15)16)9-4-2-1-3-5-9/h1-9H,(H2,15,17);1-8H,(H,14,15,16). The first-order valence-corrected chi connectivity index (χ1v) is 11.4. The Kier molecular flexibility index (Phi) is 7.68. The maximum atomic E-state index is 13.2. The molecule has 0 bridgehead atoms. The minimum Gasteiger partial charge on any atom is -0.366 e. The summed E-state index contributed by atoms with van der Waals surface area (Å²) >= 11 is 0. The van der Waals surface area contributed by atoms with Gasteiger partial charge in [-0.3, -0.25) is 14.1 Å². The SMILES string of the molecule is NC(=O)c1cccc(C(=O)c2ccccc2)c1.O=S(=O)(O)c1cc(-c2ccccc2)ccc1F. The second kappa shape index (κ2) is 10.7. The van der Waals surface area contributed by atoms with E-state index in [1.54, 1.807) is 66.7 Å². The predicted molar refractivity (Wildman–Crippen MR) is 126 cm³/mol. The quantitative estimate of drug-likeness (QED) is 0.318. The van der Waals surface area contributed by atoms with Gasteiger partial charge in [0.15, 0.2) is 5.78 Å². The molecule has 0 heterocycles. The molecule has 0 fully saturated rings. The lowest BCUT2D eigenvalue weighted by atomic mass is 10.0. The van der Waals surface area contributed by atoms with Crippen LogP contribution < -0.4 is 5.73 Å². The number of hydrogen-bond acceptors (Lipinski definition) is 4. The molecule has 0 aliphatic rings. The fourth-order valence-corrected chi connectivity index (χ4v) is 3.67. The number of amides is 1. The number of hydrogen-bond donors (Lipinski definition) is 2. The van der Waals surface area contributed by atoms with E-state index < -0.39 is 26.7 Å². The molecule has 0 radical (unpaired) electrons. The average Bonchev–Trinajstić information content (AvgIpc) is 2.85. The van der Waals surface area contributed by atoms with Gasteiger partial charge in [0, 0.05) is 16.7 Å². The van der Waals surface area contributed by atoms with Crippen LogP contribution in [0.25, 0.3) is 11.1 Å². The summed E-state index contributed by atoms with van der Waals surface area (Å²) in [4.78, 5) is 22.4. The van der Waals surface area contributed by atoms with Crippen molar-refractivity contribution in [3.05, 3.63) is 126 Å². The van der Waals surface area contributed by atoms with Crippen LogP contribution in [0.5, 0.6) is 0 Å². The zero-order valence-corrected chi connectivity index (χ0v) is 18.6. The van der Waals surface area contributed by atoms with E-state index in [1.807, 2.05) is 12.1 Å². The lowest BCUT2D eigenvalue weighted by molar-refractivity contribution is 0.1000. The number of primary amides is 1. The molecular weight excluding hydrogens is 457 g/mol. The summed E-state index contributed by atoms with van der Waals surface area (Å²) in [6.07, 6.45) is 0. The van der Waals surface area contributed by atoms with Crippen LogP contribution in [0, 0.1) is 5.82 Å². The highest BCUT2D eigenvalue weighted by molar-refractivity contribution is 7.85. The van der Waals surface area contributed by atoms with Gasteiger partial charge in [-0.1, -0.05) is 78.9 Å². The Morgan fingerprint density at radius 1 is 0.676 bits per heavy atom. The van der Waals surface area contributed by atoms with Gasteiger partial charge in [0.2, 0.25) is 5.91 Å². The third-order valence-corrected chi connectivity index (χ3v) is 5.63. The van der Waals surface area contributed by atoms with Crippen molar-refractivity contribution in [2.24, 2.45) is 5.73 Å². The summed E-state index contributed by atoms with van der Waals surface area (Å²) in [5.74, 6) is -1.62. The number of benzene rings is 4. The maximum absolute atomic E-state index is 13.2. The van der Waals surface area contributed by atoms with E-state index >= 15 is 0 Å². The van der Waals surface area contributed by atoms with Gasteiger partial charge in [-0.2, -0.15) is 8.42 Å². The van der Waals surface area contributed by atoms with Crippen molar-refractivity contribution in [1.29, 1.82) is 0 Å². The molecule has 4 aromatic rings. The normalized spacial score (nSPS) is 10.6. The van der Waals surface area contributed by atoms with Crippen molar-refractivity contribution >= 4 is 21.8 Å². The number of ketones is 1. The fourth-order valence-electron chi connectivity index (χ4n) is 3.08.